The van der Waals surface area contributed by atoms with E-state index in [1.807, 2.05) is 0 Å². The molecule has 1 aliphatic heterocycles. The Hall–Kier alpha value is -1.83. The zero-order valence-electron chi connectivity index (χ0n) is 11.0. The number of nitrogens with zero attached hydrogens (tertiary/aromatic N) is 1. The molecule has 0 aliphatic carbocycles. The van der Waals surface area contributed by atoms with Gasteiger partial charge in [-0.25, -0.2) is 14.4 Å². The van der Waals surface area contributed by atoms with E-state index in [9.17, 15) is 14.4 Å². The molecule has 1 rings (SSSR count). The van der Waals surface area contributed by atoms with Crippen molar-refractivity contribution < 1.29 is 34.2 Å². The first-order valence-electron chi connectivity index (χ1n) is 5.76. The van der Waals surface area contributed by atoms with Gasteiger partial charge in [-0.1, -0.05) is 0 Å². The SMILES string of the molecule is CC(C)(C)OC(=O)N1O[C@H](C(=O)O)CC[C@@H]1C(=O)O. The van der Waals surface area contributed by atoms with Gasteiger partial charge in [0.25, 0.3) is 0 Å². The van der Waals surface area contributed by atoms with Crippen LogP contribution in [-0.2, 0) is 19.2 Å². The highest BCUT2D eigenvalue weighted by atomic mass is 16.7. The monoisotopic (exact) mass is 275 g/mol. The molecule has 0 spiro atoms. The maximum absolute atomic E-state index is 11.8. The Kier molecular flexibility index (Phi) is 4.35. The lowest BCUT2D eigenvalue weighted by Gasteiger charge is -2.35. The van der Waals surface area contributed by atoms with Crippen LogP contribution in [0, 0.1) is 0 Å². The Morgan fingerprint density at radius 2 is 1.74 bits per heavy atom. The van der Waals surface area contributed by atoms with Crippen molar-refractivity contribution in [3.63, 3.8) is 0 Å². The minimum absolute atomic E-state index is 0.00839. The number of carboxylic acids is 2. The number of hydrogen-bond donors (Lipinski definition) is 2. The van der Waals surface area contributed by atoms with Crippen LogP contribution in [-0.4, -0.2) is 51.1 Å². The topological polar surface area (TPSA) is 113 Å². The highest BCUT2D eigenvalue weighted by Gasteiger charge is 2.41. The van der Waals surface area contributed by atoms with Crippen LogP contribution >= 0.6 is 0 Å². The standard InChI is InChI=1S/C11H17NO7/c1-11(2,3)18-10(17)12-6(8(13)14)4-5-7(19-12)9(15)16/h6-7H,4-5H2,1-3H3,(H,13,14)(H,15,16)/t6-,7+/m1/s1. The second-order valence-electron chi connectivity index (χ2n) is 5.17. The van der Waals surface area contributed by atoms with Crippen molar-refractivity contribution in [3.8, 4) is 0 Å². The molecule has 1 aliphatic rings. The predicted molar refractivity (Wildman–Crippen MR) is 61.2 cm³/mol. The van der Waals surface area contributed by atoms with E-state index in [2.05, 4.69) is 0 Å². The number of hydroxylamine groups is 2. The van der Waals surface area contributed by atoms with Gasteiger partial charge in [-0.05, 0) is 33.6 Å². The molecule has 2 N–H and O–H groups in total. The van der Waals surface area contributed by atoms with Gasteiger partial charge in [0.05, 0.1) is 0 Å². The maximum Gasteiger partial charge on any atom is 0.435 e. The average Bonchev–Trinajstić information content (AvgIpc) is 2.25. The Bertz CT molecular complexity index is 387. The Morgan fingerprint density at radius 3 is 2.16 bits per heavy atom. The maximum atomic E-state index is 11.8. The van der Waals surface area contributed by atoms with Gasteiger partial charge in [-0.3, -0.25) is 4.84 Å². The van der Waals surface area contributed by atoms with Crippen LogP contribution in [0.25, 0.3) is 0 Å². The van der Waals surface area contributed by atoms with Gasteiger partial charge in [0.2, 0.25) is 0 Å². The highest BCUT2D eigenvalue weighted by molar-refractivity contribution is 5.80. The number of ether oxygens (including phenoxy) is 1. The number of amides is 1. The zero-order valence-corrected chi connectivity index (χ0v) is 11.0. The number of hydrogen-bond acceptors (Lipinski definition) is 5. The van der Waals surface area contributed by atoms with Crippen molar-refractivity contribution in [2.45, 2.75) is 51.4 Å². The molecular weight excluding hydrogens is 258 g/mol. The Balaban J connectivity index is 2.85. The molecule has 8 heteroatoms. The summed E-state index contributed by atoms with van der Waals surface area (Å²) < 4.78 is 4.99. The fraction of sp³-hybridized carbons (Fsp3) is 0.727. The van der Waals surface area contributed by atoms with Crippen LogP contribution in [0.5, 0.6) is 0 Å². The summed E-state index contributed by atoms with van der Waals surface area (Å²) >= 11 is 0. The van der Waals surface area contributed by atoms with E-state index in [1.165, 1.54) is 0 Å². The minimum Gasteiger partial charge on any atom is -0.480 e. The molecule has 0 aromatic carbocycles. The van der Waals surface area contributed by atoms with Gasteiger partial charge in [0.15, 0.2) is 12.1 Å². The summed E-state index contributed by atoms with van der Waals surface area (Å²) in [6.45, 7) is 4.83. The van der Waals surface area contributed by atoms with Gasteiger partial charge in [-0.2, -0.15) is 5.06 Å². The summed E-state index contributed by atoms with van der Waals surface area (Å²) in [5, 5.41) is 18.3. The number of carboxylic acid groups (broad SMARTS) is 2. The highest BCUT2D eigenvalue weighted by Crippen LogP contribution is 2.23. The van der Waals surface area contributed by atoms with E-state index in [-0.39, 0.29) is 12.8 Å². The van der Waals surface area contributed by atoms with Crippen LogP contribution in [0.2, 0.25) is 0 Å². The van der Waals surface area contributed by atoms with Crippen molar-refractivity contribution in [2.24, 2.45) is 0 Å². The summed E-state index contributed by atoms with van der Waals surface area (Å²) in [4.78, 5) is 38.6. The molecule has 1 fully saturated rings. The predicted octanol–water partition coefficient (Wildman–Crippen LogP) is 0.855. The summed E-state index contributed by atoms with van der Waals surface area (Å²) in [5.74, 6) is -2.52. The van der Waals surface area contributed by atoms with E-state index >= 15 is 0 Å². The van der Waals surface area contributed by atoms with Gasteiger partial charge >= 0.3 is 18.0 Å². The molecule has 0 saturated carbocycles. The fourth-order valence-corrected chi connectivity index (χ4v) is 1.56. The Morgan fingerprint density at radius 1 is 1.16 bits per heavy atom. The third kappa shape index (κ3) is 4.09. The fourth-order valence-electron chi connectivity index (χ4n) is 1.56. The van der Waals surface area contributed by atoms with Crippen LogP contribution in [0.15, 0.2) is 0 Å². The molecule has 19 heavy (non-hydrogen) atoms. The second kappa shape index (κ2) is 5.43. The van der Waals surface area contributed by atoms with Gasteiger partial charge in [0, 0.05) is 0 Å². The second-order valence-corrected chi connectivity index (χ2v) is 5.17. The lowest BCUT2D eigenvalue weighted by molar-refractivity contribution is -0.235. The lowest BCUT2D eigenvalue weighted by atomic mass is 10.1. The van der Waals surface area contributed by atoms with Crippen molar-refractivity contribution in [1.29, 1.82) is 0 Å². The van der Waals surface area contributed by atoms with E-state index in [0.717, 1.165) is 0 Å². The third-order valence-corrected chi connectivity index (χ3v) is 2.36. The number of rotatable bonds is 2. The Labute approximate surface area is 109 Å². The largest absolute Gasteiger partial charge is 0.480 e. The smallest absolute Gasteiger partial charge is 0.435 e. The van der Waals surface area contributed by atoms with Gasteiger partial charge < -0.3 is 14.9 Å². The zero-order chi connectivity index (χ0) is 14.8. The van der Waals surface area contributed by atoms with Crippen LogP contribution in [0.3, 0.4) is 0 Å². The minimum atomic E-state index is -1.27. The van der Waals surface area contributed by atoms with Crippen molar-refractivity contribution in [1.82, 2.24) is 5.06 Å². The molecule has 0 aromatic rings. The average molecular weight is 275 g/mol. The molecule has 1 saturated heterocycles. The third-order valence-electron chi connectivity index (χ3n) is 2.36. The van der Waals surface area contributed by atoms with Crippen LogP contribution < -0.4 is 0 Å². The molecule has 0 radical (unpaired) electrons. The molecule has 108 valence electrons. The normalized spacial score (nSPS) is 23.8. The van der Waals surface area contributed by atoms with Crippen molar-refractivity contribution in [2.75, 3.05) is 0 Å². The molecule has 0 unspecified atom stereocenters. The first-order chi connectivity index (χ1) is 8.61. The van der Waals surface area contributed by atoms with Crippen LogP contribution in [0.1, 0.15) is 33.6 Å². The number of aliphatic carboxylic acids is 2. The molecule has 8 nitrogen and oxygen atoms in total. The summed E-state index contributed by atoms with van der Waals surface area (Å²) in [6, 6.07) is -1.24. The lowest BCUT2D eigenvalue weighted by Crippen LogP contribution is -2.53. The quantitative estimate of drug-likeness (QED) is 0.768. The number of carbonyl (C=O) groups excluding carboxylic acids is 1. The molecule has 2 atom stereocenters. The molecule has 1 heterocycles. The summed E-state index contributed by atoms with van der Waals surface area (Å²) in [7, 11) is 0. The molecule has 1 amide bonds. The van der Waals surface area contributed by atoms with Gasteiger partial charge in [0.1, 0.15) is 5.60 Å². The van der Waals surface area contributed by atoms with E-state index in [0.29, 0.717) is 5.06 Å². The van der Waals surface area contributed by atoms with Crippen molar-refractivity contribution >= 4 is 18.0 Å². The number of carbonyl (C=O) groups is 3. The van der Waals surface area contributed by atoms with E-state index in [4.69, 9.17) is 19.8 Å². The van der Waals surface area contributed by atoms with Crippen LogP contribution in [0.4, 0.5) is 4.79 Å². The summed E-state index contributed by atoms with van der Waals surface area (Å²) in [6.07, 6.45) is -2.24. The molecular formula is C11H17NO7. The summed E-state index contributed by atoms with van der Waals surface area (Å²) in [5.41, 5.74) is -0.834. The van der Waals surface area contributed by atoms with Crippen molar-refractivity contribution in [3.05, 3.63) is 0 Å². The van der Waals surface area contributed by atoms with E-state index < -0.39 is 35.8 Å². The van der Waals surface area contributed by atoms with E-state index in [1.54, 1.807) is 20.8 Å². The first kappa shape index (κ1) is 15.2. The van der Waals surface area contributed by atoms with Gasteiger partial charge in [-0.15, -0.1) is 0 Å². The molecule has 0 aromatic heterocycles. The molecule has 0 bridgehead atoms. The first-order valence-corrected chi connectivity index (χ1v) is 5.76.